The molecule has 6 heteroatoms. The third-order valence-electron chi connectivity index (χ3n) is 0.989. The Bertz CT molecular complexity index is 122. The van der Waals surface area contributed by atoms with Gasteiger partial charge in [0.2, 0.25) is 10.5 Å². The number of hydrogen-bond acceptors (Lipinski definition) is 4. The second-order valence-corrected chi connectivity index (χ2v) is 4.15. The SMILES string of the molecule is O=C(CCC(=O)S[SiH3])O[SiH3]. The van der Waals surface area contributed by atoms with E-state index < -0.39 is 0 Å². The predicted octanol–water partition coefficient (Wildman–Crippen LogP) is -1.87. The van der Waals surface area contributed by atoms with E-state index in [1.54, 1.807) is 0 Å². The summed E-state index contributed by atoms with van der Waals surface area (Å²) in [5.74, 6) is -0.254. The van der Waals surface area contributed by atoms with E-state index in [2.05, 4.69) is 4.43 Å². The van der Waals surface area contributed by atoms with Crippen LogP contribution in [-0.4, -0.2) is 31.0 Å². The van der Waals surface area contributed by atoms with E-state index in [9.17, 15) is 9.59 Å². The lowest BCUT2D eigenvalue weighted by molar-refractivity contribution is -0.135. The van der Waals surface area contributed by atoms with Crippen molar-refractivity contribution in [1.29, 1.82) is 0 Å². The average Bonchev–Trinajstić information content (AvgIpc) is 1.99. The van der Waals surface area contributed by atoms with Crippen molar-refractivity contribution in [3.63, 3.8) is 0 Å². The molecule has 0 fully saturated rings. The van der Waals surface area contributed by atoms with Gasteiger partial charge in [0, 0.05) is 6.42 Å². The van der Waals surface area contributed by atoms with E-state index in [-0.39, 0.29) is 17.5 Å². The Kier molecular flexibility index (Phi) is 5.65. The summed E-state index contributed by atoms with van der Waals surface area (Å²) in [6, 6.07) is 0. The lowest BCUT2D eigenvalue weighted by atomic mass is 10.3. The van der Waals surface area contributed by atoms with Gasteiger partial charge in [-0.25, -0.2) is 0 Å². The molecule has 58 valence electrons. The Morgan fingerprint density at radius 3 is 2.40 bits per heavy atom. The highest BCUT2D eigenvalue weighted by atomic mass is 32.4. The lowest BCUT2D eigenvalue weighted by Gasteiger charge is -1.96. The van der Waals surface area contributed by atoms with Crippen LogP contribution in [0, 0.1) is 0 Å². The molecule has 0 aliphatic rings. The highest BCUT2D eigenvalue weighted by Crippen LogP contribution is 2.01. The molecule has 10 heavy (non-hydrogen) atoms. The van der Waals surface area contributed by atoms with Crippen molar-refractivity contribution < 1.29 is 14.0 Å². The molecule has 0 bridgehead atoms. The molecule has 0 amide bonds. The van der Waals surface area contributed by atoms with Gasteiger partial charge in [-0.2, -0.15) is 0 Å². The fraction of sp³-hybridized carbons (Fsp3) is 0.500. The predicted molar refractivity (Wildman–Crippen MR) is 47.8 cm³/mol. The Morgan fingerprint density at radius 1 is 1.40 bits per heavy atom. The Balaban J connectivity index is 3.35. The molecule has 0 atom stereocenters. The first-order chi connectivity index (χ1) is 4.70. The van der Waals surface area contributed by atoms with Gasteiger partial charge in [0.1, 0.15) is 0 Å². The van der Waals surface area contributed by atoms with Crippen LogP contribution in [0.2, 0.25) is 0 Å². The molecule has 0 radical (unpaired) electrons. The van der Waals surface area contributed by atoms with E-state index in [4.69, 9.17) is 0 Å². The Hall–Kier alpha value is -0.0762. The topological polar surface area (TPSA) is 43.4 Å². The van der Waals surface area contributed by atoms with Crippen LogP contribution in [0.3, 0.4) is 0 Å². The molecule has 0 saturated heterocycles. The molecule has 0 aromatic heterocycles. The van der Waals surface area contributed by atoms with E-state index in [1.807, 2.05) is 0 Å². The van der Waals surface area contributed by atoms with Crippen molar-refractivity contribution in [3.05, 3.63) is 0 Å². The zero-order chi connectivity index (χ0) is 7.98. The first-order valence-corrected chi connectivity index (χ1v) is 7.33. The summed E-state index contributed by atoms with van der Waals surface area (Å²) in [5.41, 5.74) is 0. The smallest absolute Gasteiger partial charge is 0.292 e. The van der Waals surface area contributed by atoms with Crippen molar-refractivity contribution in [2.75, 3.05) is 0 Å². The first-order valence-electron chi connectivity index (χ1n) is 2.84. The van der Waals surface area contributed by atoms with Crippen LogP contribution >= 0.6 is 11.2 Å². The molecular weight excluding hydrogens is 184 g/mol. The summed E-state index contributed by atoms with van der Waals surface area (Å²) < 4.78 is 4.49. The van der Waals surface area contributed by atoms with Gasteiger partial charge < -0.3 is 4.43 Å². The van der Waals surface area contributed by atoms with Crippen LogP contribution in [0.25, 0.3) is 0 Å². The van der Waals surface area contributed by atoms with Crippen LogP contribution in [-0.2, 0) is 14.0 Å². The minimum Gasteiger partial charge on any atom is -0.529 e. The van der Waals surface area contributed by atoms with Crippen LogP contribution in [0.1, 0.15) is 12.8 Å². The molecule has 0 spiro atoms. The molecular formula is C4H10O3SSi2. The summed E-state index contributed by atoms with van der Waals surface area (Å²) >= 11 is 1.28. The number of carbonyl (C=O) groups excluding carboxylic acids is 2. The monoisotopic (exact) mass is 194 g/mol. The lowest BCUT2D eigenvalue weighted by Crippen LogP contribution is -2.03. The molecule has 0 N–H and O–H groups in total. The number of carbonyl (C=O) groups is 2. The minimum absolute atomic E-state index is 0.0960. The largest absolute Gasteiger partial charge is 0.529 e. The molecule has 0 aromatic rings. The highest BCUT2D eigenvalue weighted by molar-refractivity contribution is 8.31. The Labute approximate surface area is 69.5 Å². The molecule has 0 heterocycles. The second kappa shape index (κ2) is 5.69. The van der Waals surface area contributed by atoms with E-state index in [1.165, 1.54) is 11.2 Å². The summed E-state index contributed by atoms with van der Waals surface area (Å²) in [5, 5.41) is 0.0960. The molecule has 0 aromatic carbocycles. The minimum atomic E-state index is -0.254. The van der Waals surface area contributed by atoms with Crippen LogP contribution in [0.4, 0.5) is 0 Å². The molecule has 0 unspecified atom stereocenters. The maximum Gasteiger partial charge on any atom is 0.292 e. The quantitative estimate of drug-likeness (QED) is 0.494. The standard InChI is InChI=1S/C4H10O3SSi2/c5-3(7-9)1-2-4(6)8-10/h1-2H2,9-10H3. The van der Waals surface area contributed by atoms with Crippen LogP contribution in [0.5, 0.6) is 0 Å². The van der Waals surface area contributed by atoms with Gasteiger partial charge in [0.25, 0.3) is 5.97 Å². The van der Waals surface area contributed by atoms with Gasteiger partial charge in [-0.3, -0.25) is 9.59 Å². The third-order valence-corrected chi connectivity index (χ3v) is 3.47. The molecule has 0 aliphatic carbocycles. The van der Waals surface area contributed by atoms with Crippen molar-refractivity contribution >= 4 is 42.2 Å². The third kappa shape index (κ3) is 4.77. The summed E-state index contributed by atoms with van der Waals surface area (Å²) in [6.45, 7) is 0. The maximum absolute atomic E-state index is 10.6. The Morgan fingerprint density at radius 2 is 2.00 bits per heavy atom. The van der Waals surface area contributed by atoms with Gasteiger partial charge in [-0.1, -0.05) is 0 Å². The zero-order valence-electron chi connectivity index (χ0n) is 6.05. The van der Waals surface area contributed by atoms with Crippen molar-refractivity contribution in [2.45, 2.75) is 12.8 Å². The van der Waals surface area contributed by atoms with Gasteiger partial charge in [-0.05, 0) is 0 Å². The highest BCUT2D eigenvalue weighted by Gasteiger charge is 2.03. The maximum atomic E-state index is 10.6. The van der Waals surface area contributed by atoms with Gasteiger partial charge in [0.05, 0.1) is 15.8 Å². The second-order valence-electron chi connectivity index (χ2n) is 1.65. The molecule has 3 nitrogen and oxygen atoms in total. The van der Waals surface area contributed by atoms with E-state index >= 15 is 0 Å². The zero-order valence-corrected chi connectivity index (χ0v) is 10.9. The van der Waals surface area contributed by atoms with Gasteiger partial charge >= 0.3 is 0 Å². The number of hydrogen-bond donors (Lipinski definition) is 0. The normalized spacial score (nSPS) is 9.60. The van der Waals surface area contributed by atoms with Gasteiger partial charge in [0.15, 0.2) is 5.12 Å². The van der Waals surface area contributed by atoms with Crippen LogP contribution < -0.4 is 0 Å². The van der Waals surface area contributed by atoms with Crippen molar-refractivity contribution in [1.82, 2.24) is 0 Å². The van der Waals surface area contributed by atoms with Gasteiger partial charge in [-0.15, -0.1) is 11.2 Å². The van der Waals surface area contributed by atoms with E-state index in [0.717, 1.165) is 9.39 Å². The fourth-order valence-corrected chi connectivity index (χ4v) is 1.53. The summed E-state index contributed by atoms with van der Waals surface area (Å²) in [6.07, 6.45) is 0.576. The van der Waals surface area contributed by atoms with Crippen LogP contribution in [0.15, 0.2) is 0 Å². The average molecular weight is 194 g/mol. The molecule has 0 aliphatic heterocycles. The van der Waals surface area contributed by atoms with E-state index in [0.29, 0.717) is 16.9 Å². The fourth-order valence-electron chi connectivity index (χ4n) is 0.408. The number of rotatable bonds is 3. The van der Waals surface area contributed by atoms with Crippen molar-refractivity contribution in [3.8, 4) is 0 Å². The first kappa shape index (κ1) is 9.92. The summed E-state index contributed by atoms with van der Waals surface area (Å²) in [7, 11) is 1.23. The van der Waals surface area contributed by atoms with Crippen molar-refractivity contribution in [2.24, 2.45) is 0 Å². The molecule has 0 rings (SSSR count). The summed E-state index contributed by atoms with van der Waals surface area (Å²) in [4.78, 5) is 21.1. The molecule has 0 saturated carbocycles.